The molecule has 2 heterocycles. The van der Waals surface area contributed by atoms with Crippen LogP contribution in [0.25, 0.3) is 5.69 Å². The molecular formula is C28H34FN5O2. The maximum absolute atomic E-state index is 13.1. The first-order valence-electron chi connectivity index (χ1n) is 12.4. The molecule has 0 N–H and O–H groups in total. The van der Waals surface area contributed by atoms with Crippen molar-refractivity contribution < 1.29 is 14.0 Å². The summed E-state index contributed by atoms with van der Waals surface area (Å²) in [4.78, 5) is 31.1. The normalized spacial score (nSPS) is 14.3. The van der Waals surface area contributed by atoms with Crippen LogP contribution in [0.5, 0.6) is 0 Å². The molecule has 1 aliphatic heterocycles. The Labute approximate surface area is 212 Å². The molecule has 0 bridgehead atoms. The van der Waals surface area contributed by atoms with E-state index in [1.165, 1.54) is 24.3 Å². The van der Waals surface area contributed by atoms with Crippen LogP contribution < -0.4 is 0 Å². The highest BCUT2D eigenvalue weighted by atomic mass is 19.1. The van der Waals surface area contributed by atoms with E-state index in [-0.39, 0.29) is 17.6 Å². The van der Waals surface area contributed by atoms with Gasteiger partial charge in [0.25, 0.3) is 5.91 Å². The molecule has 0 saturated carbocycles. The van der Waals surface area contributed by atoms with Gasteiger partial charge in [0.2, 0.25) is 5.91 Å². The summed E-state index contributed by atoms with van der Waals surface area (Å²) in [6.07, 6.45) is 0.903. The van der Waals surface area contributed by atoms with Crippen molar-refractivity contribution in [1.29, 1.82) is 0 Å². The number of para-hydroxylation sites is 1. The van der Waals surface area contributed by atoms with E-state index in [0.717, 1.165) is 23.5 Å². The molecule has 2 aromatic carbocycles. The van der Waals surface area contributed by atoms with E-state index < -0.39 is 0 Å². The topological polar surface area (TPSA) is 61.7 Å². The van der Waals surface area contributed by atoms with Crippen molar-refractivity contribution in [2.24, 2.45) is 5.92 Å². The van der Waals surface area contributed by atoms with E-state index in [2.05, 4.69) is 24.8 Å². The van der Waals surface area contributed by atoms with E-state index >= 15 is 0 Å². The highest BCUT2D eigenvalue weighted by Crippen LogP contribution is 2.17. The lowest BCUT2D eigenvalue weighted by atomic mass is 10.1. The minimum Gasteiger partial charge on any atom is -0.339 e. The fraction of sp³-hybridized carbons (Fsp3) is 0.393. The second-order valence-corrected chi connectivity index (χ2v) is 9.80. The lowest BCUT2D eigenvalue weighted by Gasteiger charge is -2.35. The lowest BCUT2D eigenvalue weighted by molar-refractivity contribution is -0.132. The van der Waals surface area contributed by atoms with Crippen LogP contribution in [0.2, 0.25) is 0 Å². The highest BCUT2D eigenvalue weighted by Gasteiger charge is 2.24. The number of carbonyl (C=O) groups excluding carboxylic acids is 2. The number of aromatic nitrogens is 2. The summed E-state index contributed by atoms with van der Waals surface area (Å²) in [5.74, 6) is 0.0456. The van der Waals surface area contributed by atoms with Crippen molar-refractivity contribution in [3.63, 3.8) is 0 Å². The van der Waals surface area contributed by atoms with Crippen LogP contribution in [0.15, 0.2) is 60.7 Å². The fourth-order valence-corrected chi connectivity index (χ4v) is 4.44. The average Bonchev–Trinajstić information content (AvgIpc) is 3.26. The van der Waals surface area contributed by atoms with Crippen LogP contribution in [0, 0.1) is 11.7 Å². The van der Waals surface area contributed by atoms with Crippen LogP contribution in [0.3, 0.4) is 0 Å². The van der Waals surface area contributed by atoms with Crippen LogP contribution >= 0.6 is 0 Å². The molecule has 0 unspecified atom stereocenters. The second-order valence-electron chi connectivity index (χ2n) is 9.80. The van der Waals surface area contributed by atoms with E-state index in [4.69, 9.17) is 5.10 Å². The Morgan fingerprint density at radius 3 is 2.31 bits per heavy atom. The first-order valence-corrected chi connectivity index (χ1v) is 12.4. The van der Waals surface area contributed by atoms with Gasteiger partial charge in [-0.2, -0.15) is 5.10 Å². The third kappa shape index (κ3) is 6.37. The SMILES string of the molecule is CC(C)Cc1cc(CN(C)C(=O)CN2CCN(C(=O)c3ccc(F)cc3)CC2)nn1-c1ccccc1. The molecule has 7 nitrogen and oxygen atoms in total. The number of rotatable bonds is 8. The number of hydrogen-bond acceptors (Lipinski definition) is 4. The molecule has 0 spiro atoms. The lowest BCUT2D eigenvalue weighted by Crippen LogP contribution is -2.51. The number of carbonyl (C=O) groups is 2. The molecule has 1 fully saturated rings. The van der Waals surface area contributed by atoms with Gasteiger partial charge in [0.1, 0.15) is 5.82 Å². The molecule has 0 atom stereocenters. The van der Waals surface area contributed by atoms with Crippen molar-refractivity contribution in [3.05, 3.63) is 83.4 Å². The Balaban J connectivity index is 1.32. The predicted octanol–water partition coefficient (Wildman–Crippen LogP) is 3.63. The summed E-state index contributed by atoms with van der Waals surface area (Å²) in [5.41, 5.74) is 3.49. The molecule has 1 aliphatic rings. The average molecular weight is 492 g/mol. The molecule has 36 heavy (non-hydrogen) atoms. The predicted molar refractivity (Wildman–Crippen MR) is 137 cm³/mol. The summed E-state index contributed by atoms with van der Waals surface area (Å²) >= 11 is 0. The molecule has 2 amide bonds. The summed E-state index contributed by atoms with van der Waals surface area (Å²) in [6, 6.07) is 17.8. The zero-order chi connectivity index (χ0) is 25.7. The molecule has 0 aliphatic carbocycles. The first-order chi connectivity index (χ1) is 17.3. The number of nitrogens with zero attached hydrogens (tertiary/aromatic N) is 5. The monoisotopic (exact) mass is 491 g/mol. The number of likely N-dealkylation sites (N-methyl/N-ethyl adjacent to an activating group) is 1. The highest BCUT2D eigenvalue weighted by molar-refractivity contribution is 5.94. The molecule has 1 saturated heterocycles. The molecule has 190 valence electrons. The van der Waals surface area contributed by atoms with E-state index in [1.54, 1.807) is 16.8 Å². The smallest absolute Gasteiger partial charge is 0.253 e. The summed E-state index contributed by atoms with van der Waals surface area (Å²) in [7, 11) is 1.81. The number of amides is 2. The van der Waals surface area contributed by atoms with Gasteiger partial charge in [-0.1, -0.05) is 32.0 Å². The first kappa shape index (κ1) is 25.6. The third-order valence-electron chi connectivity index (χ3n) is 6.39. The quantitative estimate of drug-likeness (QED) is 0.483. The molecular weight excluding hydrogens is 457 g/mol. The minimum atomic E-state index is -0.359. The van der Waals surface area contributed by atoms with Gasteiger partial charge in [-0.25, -0.2) is 9.07 Å². The number of hydrogen-bond donors (Lipinski definition) is 0. The van der Waals surface area contributed by atoms with Crippen LogP contribution in [0.1, 0.15) is 35.6 Å². The largest absolute Gasteiger partial charge is 0.339 e. The summed E-state index contributed by atoms with van der Waals surface area (Å²) in [6.45, 7) is 7.41. The molecule has 1 aromatic heterocycles. The number of piperazine rings is 1. The Kier molecular flexibility index (Phi) is 8.15. The molecule has 0 radical (unpaired) electrons. The van der Waals surface area contributed by atoms with Crippen molar-refractivity contribution in [1.82, 2.24) is 24.5 Å². The van der Waals surface area contributed by atoms with Crippen molar-refractivity contribution in [3.8, 4) is 5.69 Å². The zero-order valence-electron chi connectivity index (χ0n) is 21.2. The second kappa shape index (κ2) is 11.5. The fourth-order valence-electron chi connectivity index (χ4n) is 4.44. The van der Waals surface area contributed by atoms with Gasteiger partial charge in [0.15, 0.2) is 0 Å². The summed E-state index contributed by atoms with van der Waals surface area (Å²) in [5, 5.41) is 4.81. The van der Waals surface area contributed by atoms with Crippen molar-refractivity contribution in [2.45, 2.75) is 26.8 Å². The van der Waals surface area contributed by atoms with E-state index in [0.29, 0.717) is 50.7 Å². The molecule has 8 heteroatoms. The van der Waals surface area contributed by atoms with E-state index in [1.807, 2.05) is 35.0 Å². The molecule has 4 rings (SSSR count). The standard InChI is InChI=1S/C28H34FN5O2/c1-21(2)17-26-18-24(30-34(26)25-7-5-4-6-8-25)19-31(3)27(35)20-32-13-15-33(16-14-32)28(36)22-9-11-23(29)12-10-22/h4-12,18,21H,13-17,19-20H2,1-3H3. The number of benzene rings is 2. The Bertz CT molecular complexity index is 1170. The zero-order valence-corrected chi connectivity index (χ0v) is 21.2. The maximum atomic E-state index is 13.1. The van der Waals surface area contributed by atoms with Crippen molar-refractivity contribution >= 4 is 11.8 Å². The van der Waals surface area contributed by atoms with Gasteiger partial charge in [0.05, 0.1) is 24.5 Å². The van der Waals surface area contributed by atoms with Gasteiger partial charge < -0.3 is 9.80 Å². The maximum Gasteiger partial charge on any atom is 0.253 e. The number of halogens is 1. The van der Waals surface area contributed by atoms with Gasteiger partial charge in [-0.15, -0.1) is 0 Å². The van der Waals surface area contributed by atoms with Gasteiger partial charge in [-0.3, -0.25) is 14.5 Å². The van der Waals surface area contributed by atoms with Gasteiger partial charge in [-0.05, 0) is 54.8 Å². The van der Waals surface area contributed by atoms with Gasteiger partial charge >= 0.3 is 0 Å². The minimum absolute atomic E-state index is 0.0213. The van der Waals surface area contributed by atoms with Crippen LogP contribution in [-0.2, 0) is 17.8 Å². The summed E-state index contributed by atoms with van der Waals surface area (Å²) < 4.78 is 15.1. The van der Waals surface area contributed by atoms with E-state index in [9.17, 15) is 14.0 Å². The Morgan fingerprint density at radius 1 is 1.00 bits per heavy atom. The van der Waals surface area contributed by atoms with Crippen LogP contribution in [0.4, 0.5) is 4.39 Å². The van der Waals surface area contributed by atoms with Crippen LogP contribution in [-0.4, -0.2) is 76.1 Å². The van der Waals surface area contributed by atoms with Crippen molar-refractivity contribution in [2.75, 3.05) is 39.8 Å². The Morgan fingerprint density at radius 2 is 1.67 bits per heavy atom. The third-order valence-corrected chi connectivity index (χ3v) is 6.39. The van der Waals surface area contributed by atoms with Gasteiger partial charge in [0, 0.05) is 44.5 Å². The molecule has 3 aromatic rings. The Hall–Kier alpha value is -3.52.